The summed E-state index contributed by atoms with van der Waals surface area (Å²) in [5.74, 6) is 1.67. The Morgan fingerprint density at radius 3 is 2.39 bits per heavy atom. The molecular weight excluding hydrogens is 286 g/mol. The molecule has 2 fully saturated rings. The van der Waals surface area contributed by atoms with Crippen molar-refractivity contribution < 1.29 is 0 Å². The van der Waals surface area contributed by atoms with E-state index in [0.29, 0.717) is 12.1 Å². The number of hydrogen-bond acceptors (Lipinski definition) is 5. The number of fused-ring (bicyclic) bond motifs is 2. The van der Waals surface area contributed by atoms with Crippen molar-refractivity contribution in [2.24, 2.45) is 5.92 Å². The van der Waals surface area contributed by atoms with Gasteiger partial charge in [-0.2, -0.15) is 0 Å². The van der Waals surface area contributed by atoms with Crippen LogP contribution in [0.3, 0.4) is 0 Å². The van der Waals surface area contributed by atoms with Crippen LogP contribution < -0.4 is 4.90 Å². The summed E-state index contributed by atoms with van der Waals surface area (Å²) in [4.78, 5) is 16.7. The van der Waals surface area contributed by atoms with E-state index >= 15 is 0 Å². The fourth-order valence-electron chi connectivity index (χ4n) is 4.04. The number of anilines is 1. The summed E-state index contributed by atoms with van der Waals surface area (Å²) < 4.78 is 0. The lowest BCUT2D eigenvalue weighted by Crippen LogP contribution is -2.53. The lowest BCUT2D eigenvalue weighted by Gasteiger charge is -2.39. The molecule has 5 nitrogen and oxygen atoms in total. The van der Waals surface area contributed by atoms with Gasteiger partial charge in [-0.15, -0.1) is 0 Å². The Labute approximate surface area is 140 Å². The number of aromatic nitrogens is 2. The number of nitrogens with zero attached hydrogens (tertiary/aromatic N) is 5. The summed E-state index contributed by atoms with van der Waals surface area (Å²) in [6.07, 6.45) is 7.82. The van der Waals surface area contributed by atoms with Crippen LogP contribution in [0.4, 0.5) is 5.95 Å². The Balaban J connectivity index is 1.61. The van der Waals surface area contributed by atoms with E-state index in [4.69, 9.17) is 9.97 Å². The first kappa shape index (κ1) is 16.7. The van der Waals surface area contributed by atoms with Gasteiger partial charge in [-0.3, -0.25) is 0 Å². The molecule has 0 N–H and O–H groups in total. The lowest BCUT2D eigenvalue weighted by atomic mass is 10.1. The summed E-state index contributed by atoms with van der Waals surface area (Å²) in [7, 11) is 4.40. The van der Waals surface area contributed by atoms with E-state index < -0.39 is 0 Å². The minimum Gasteiger partial charge on any atom is -0.332 e. The van der Waals surface area contributed by atoms with Gasteiger partial charge in [0, 0.05) is 56.2 Å². The highest BCUT2D eigenvalue weighted by atomic mass is 15.4. The van der Waals surface area contributed by atoms with Gasteiger partial charge in [-0.1, -0.05) is 20.3 Å². The molecule has 5 heteroatoms. The number of hydrogen-bond donors (Lipinski definition) is 0. The molecule has 3 unspecified atom stereocenters. The van der Waals surface area contributed by atoms with Gasteiger partial charge in [-0.25, -0.2) is 9.97 Å². The molecule has 2 aliphatic rings. The third-order valence-corrected chi connectivity index (χ3v) is 5.36. The number of piperazine rings is 1. The molecule has 128 valence electrons. The molecule has 2 saturated heterocycles. The van der Waals surface area contributed by atoms with Crippen LogP contribution in [0.25, 0.3) is 0 Å². The van der Waals surface area contributed by atoms with Gasteiger partial charge in [0.2, 0.25) is 5.95 Å². The van der Waals surface area contributed by atoms with Crippen LogP contribution in [-0.2, 0) is 6.54 Å². The first-order valence-electron chi connectivity index (χ1n) is 9.03. The number of rotatable bonds is 6. The Morgan fingerprint density at radius 1 is 1.22 bits per heavy atom. The smallest absolute Gasteiger partial charge is 0.225 e. The largest absolute Gasteiger partial charge is 0.332 e. The van der Waals surface area contributed by atoms with Crippen molar-refractivity contribution in [1.29, 1.82) is 0 Å². The number of likely N-dealkylation sites (tertiary alicyclic amines) is 1. The summed E-state index contributed by atoms with van der Waals surface area (Å²) in [6.45, 7) is 8.89. The molecule has 2 bridgehead atoms. The number of likely N-dealkylation sites (N-methyl/N-ethyl adjacent to an activating group) is 1. The Bertz CT molecular complexity index is 489. The van der Waals surface area contributed by atoms with Gasteiger partial charge in [0.15, 0.2) is 0 Å². The van der Waals surface area contributed by atoms with Crippen LogP contribution in [0.15, 0.2) is 12.4 Å². The molecule has 0 spiro atoms. The van der Waals surface area contributed by atoms with Gasteiger partial charge < -0.3 is 14.7 Å². The lowest BCUT2D eigenvalue weighted by molar-refractivity contribution is 0.262. The van der Waals surface area contributed by atoms with E-state index in [9.17, 15) is 0 Å². The van der Waals surface area contributed by atoms with Gasteiger partial charge in [0.25, 0.3) is 0 Å². The van der Waals surface area contributed by atoms with Crippen molar-refractivity contribution in [3.63, 3.8) is 0 Å². The summed E-state index contributed by atoms with van der Waals surface area (Å²) >= 11 is 0. The Kier molecular flexibility index (Phi) is 5.17. The van der Waals surface area contributed by atoms with E-state index in [0.717, 1.165) is 38.0 Å². The normalized spacial score (nSPS) is 26.0. The Morgan fingerprint density at radius 2 is 1.83 bits per heavy atom. The van der Waals surface area contributed by atoms with Crippen LogP contribution in [0.1, 0.15) is 38.7 Å². The maximum absolute atomic E-state index is 4.69. The van der Waals surface area contributed by atoms with Crippen LogP contribution in [0.5, 0.6) is 0 Å². The van der Waals surface area contributed by atoms with Crippen molar-refractivity contribution in [2.45, 2.75) is 51.7 Å². The van der Waals surface area contributed by atoms with E-state index in [2.05, 4.69) is 42.6 Å². The van der Waals surface area contributed by atoms with E-state index in [-0.39, 0.29) is 0 Å². The van der Waals surface area contributed by atoms with Crippen molar-refractivity contribution in [3.05, 3.63) is 18.0 Å². The van der Waals surface area contributed by atoms with Gasteiger partial charge in [0.1, 0.15) is 0 Å². The average Bonchev–Trinajstić information content (AvgIpc) is 2.79. The first-order chi connectivity index (χ1) is 11.1. The second-order valence-electron chi connectivity index (χ2n) is 7.61. The van der Waals surface area contributed by atoms with Crippen LogP contribution >= 0.6 is 0 Å². The molecule has 1 aromatic rings. The van der Waals surface area contributed by atoms with Crippen LogP contribution in [-0.4, -0.2) is 65.6 Å². The van der Waals surface area contributed by atoms with Crippen molar-refractivity contribution in [1.82, 2.24) is 19.8 Å². The molecule has 3 rings (SSSR count). The quantitative estimate of drug-likeness (QED) is 0.804. The maximum Gasteiger partial charge on any atom is 0.225 e. The van der Waals surface area contributed by atoms with E-state index in [1.165, 1.54) is 24.8 Å². The molecule has 0 radical (unpaired) electrons. The van der Waals surface area contributed by atoms with Crippen molar-refractivity contribution in [3.8, 4) is 0 Å². The fraction of sp³-hybridized carbons (Fsp3) is 0.778. The van der Waals surface area contributed by atoms with Crippen molar-refractivity contribution >= 4 is 5.95 Å². The maximum atomic E-state index is 4.69. The fourth-order valence-corrected chi connectivity index (χ4v) is 4.04. The molecule has 0 aliphatic carbocycles. The molecule has 3 heterocycles. The zero-order valence-corrected chi connectivity index (χ0v) is 15.1. The van der Waals surface area contributed by atoms with E-state index in [1.807, 2.05) is 12.4 Å². The summed E-state index contributed by atoms with van der Waals surface area (Å²) in [5, 5.41) is 0. The predicted octanol–water partition coefficient (Wildman–Crippen LogP) is 2.24. The van der Waals surface area contributed by atoms with Gasteiger partial charge in [0.05, 0.1) is 0 Å². The molecule has 2 aliphatic heterocycles. The van der Waals surface area contributed by atoms with Crippen LogP contribution in [0, 0.1) is 5.92 Å². The third kappa shape index (κ3) is 3.83. The molecule has 0 amide bonds. The first-order valence-corrected chi connectivity index (χ1v) is 9.03. The topological polar surface area (TPSA) is 35.5 Å². The second-order valence-corrected chi connectivity index (χ2v) is 7.61. The minimum atomic E-state index is 0.595. The SMILES string of the molecule is CCC(C)CN(C)Cc1cnc(N2C3CCC2CN(C)C3)nc1. The predicted molar refractivity (Wildman–Crippen MR) is 94.6 cm³/mol. The molecular formula is C18H31N5. The highest BCUT2D eigenvalue weighted by Crippen LogP contribution is 2.32. The standard InChI is InChI=1S/C18H31N5/c1-5-14(2)10-21(3)11-15-8-19-18(20-9-15)23-16-6-7-17(23)13-22(4)12-16/h8-9,14,16-17H,5-7,10-13H2,1-4H3. The average molecular weight is 317 g/mol. The highest BCUT2D eigenvalue weighted by Gasteiger charge is 2.40. The van der Waals surface area contributed by atoms with Gasteiger partial charge >= 0.3 is 0 Å². The molecule has 0 saturated carbocycles. The van der Waals surface area contributed by atoms with E-state index in [1.54, 1.807) is 0 Å². The summed E-state index contributed by atoms with van der Waals surface area (Å²) in [6, 6.07) is 1.19. The van der Waals surface area contributed by atoms with Gasteiger partial charge in [-0.05, 0) is 32.9 Å². The zero-order chi connectivity index (χ0) is 16.4. The molecule has 23 heavy (non-hydrogen) atoms. The highest BCUT2D eigenvalue weighted by molar-refractivity contribution is 5.37. The van der Waals surface area contributed by atoms with Crippen LogP contribution in [0.2, 0.25) is 0 Å². The minimum absolute atomic E-state index is 0.595. The summed E-state index contributed by atoms with van der Waals surface area (Å²) in [5.41, 5.74) is 1.21. The molecule has 0 aromatic carbocycles. The third-order valence-electron chi connectivity index (χ3n) is 5.36. The molecule has 1 aromatic heterocycles. The molecule has 3 atom stereocenters. The van der Waals surface area contributed by atoms with Crippen molar-refractivity contribution in [2.75, 3.05) is 38.6 Å². The second kappa shape index (κ2) is 7.14. The monoisotopic (exact) mass is 317 g/mol. The zero-order valence-electron chi connectivity index (χ0n) is 15.1. The Hall–Kier alpha value is -1.20.